The van der Waals surface area contributed by atoms with E-state index in [4.69, 9.17) is 0 Å². The number of fused-ring (bicyclic) bond motifs is 1. The lowest BCUT2D eigenvalue weighted by Gasteiger charge is -2.45. The zero-order valence-corrected chi connectivity index (χ0v) is 14.0. The monoisotopic (exact) mass is 302 g/mol. The van der Waals surface area contributed by atoms with Gasteiger partial charge in [-0.2, -0.15) is 14.6 Å². The summed E-state index contributed by atoms with van der Waals surface area (Å²) in [6.45, 7) is 5.27. The number of rotatable bonds is 4. The second kappa shape index (κ2) is 5.83. The minimum Gasteiger partial charge on any atom is -0.368 e. The lowest BCUT2D eigenvalue weighted by Crippen LogP contribution is -2.52. The summed E-state index contributed by atoms with van der Waals surface area (Å²) >= 11 is 0. The Morgan fingerprint density at radius 3 is 3.00 bits per heavy atom. The van der Waals surface area contributed by atoms with E-state index in [9.17, 15) is 0 Å². The minimum atomic E-state index is 0.210. The maximum Gasteiger partial charge on any atom is 0.254 e. The molecule has 1 N–H and O–H groups in total. The molecule has 1 saturated carbocycles. The fraction of sp³-hybridized carbons (Fsp3) is 0.688. The molecule has 120 valence electrons. The van der Waals surface area contributed by atoms with Crippen LogP contribution in [0.5, 0.6) is 0 Å². The average Bonchev–Trinajstić information content (AvgIpc) is 2.92. The van der Waals surface area contributed by atoms with Gasteiger partial charge in [0.25, 0.3) is 5.78 Å². The third-order valence-corrected chi connectivity index (χ3v) is 4.99. The van der Waals surface area contributed by atoms with Crippen molar-refractivity contribution in [3.8, 4) is 0 Å². The lowest BCUT2D eigenvalue weighted by molar-refractivity contribution is 0.0881. The van der Waals surface area contributed by atoms with E-state index in [0.717, 1.165) is 24.0 Å². The first-order valence-electron chi connectivity index (χ1n) is 8.09. The third-order valence-electron chi connectivity index (χ3n) is 4.99. The van der Waals surface area contributed by atoms with Gasteiger partial charge in [0.2, 0.25) is 0 Å². The van der Waals surface area contributed by atoms with Crippen molar-refractivity contribution in [3.63, 3.8) is 0 Å². The molecule has 0 bridgehead atoms. The Morgan fingerprint density at radius 2 is 2.27 bits per heavy atom. The van der Waals surface area contributed by atoms with Gasteiger partial charge in [-0.15, -0.1) is 0 Å². The van der Waals surface area contributed by atoms with Gasteiger partial charge in [-0.1, -0.05) is 19.8 Å². The molecule has 1 fully saturated rings. The Labute approximate surface area is 131 Å². The number of nitrogens with zero attached hydrogens (tertiary/aromatic N) is 5. The first-order chi connectivity index (χ1) is 10.5. The van der Waals surface area contributed by atoms with Gasteiger partial charge in [-0.3, -0.25) is 0 Å². The third kappa shape index (κ3) is 2.79. The molecular weight excluding hydrogens is 276 g/mol. The Balaban J connectivity index is 1.83. The SMILES string of the molecule is Cc1cc(NCC2(N(C)C)CCCC(C)C2)n2ncnc2n1. The molecule has 3 rings (SSSR count). The smallest absolute Gasteiger partial charge is 0.254 e. The minimum absolute atomic E-state index is 0.210. The first kappa shape index (κ1) is 15.2. The van der Waals surface area contributed by atoms with E-state index in [2.05, 4.69) is 46.3 Å². The number of aromatic nitrogens is 4. The molecule has 1 aliphatic carbocycles. The number of aryl methyl sites for hydroxylation is 1. The van der Waals surface area contributed by atoms with E-state index in [-0.39, 0.29) is 5.54 Å². The maximum atomic E-state index is 4.39. The van der Waals surface area contributed by atoms with E-state index in [0.29, 0.717) is 5.78 Å². The second-order valence-corrected chi connectivity index (χ2v) is 6.93. The fourth-order valence-electron chi connectivity index (χ4n) is 3.67. The second-order valence-electron chi connectivity index (χ2n) is 6.93. The van der Waals surface area contributed by atoms with E-state index < -0.39 is 0 Å². The van der Waals surface area contributed by atoms with Gasteiger partial charge in [0, 0.05) is 23.8 Å². The molecule has 0 amide bonds. The highest BCUT2D eigenvalue weighted by Crippen LogP contribution is 2.35. The molecule has 0 spiro atoms. The number of anilines is 1. The quantitative estimate of drug-likeness (QED) is 0.939. The highest BCUT2D eigenvalue weighted by molar-refractivity contribution is 5.45. The molecule has 6 heteroatoms. The van der Waals surface area contributed by atoms with Crippen molar-refractivity contribution < 1.29 is 0 Å². The van der Waals surface area contributed by atoms with E-state index in [1.54, 1.807) is 10.8 Å². The molecular formula is C16H26N6. The molecule has 2 unspecified atom stereocenters. The molecule has 22 heavy (non-hydrogen) atoms. The number of nitrogens with one attached hydrogen (secondary N) is 1. The summed E-state index contributed by atoms with van der Waals surface area (Å²) in [7, 11) is 4.39. The number of likely N-dealkylation sites (N-methyl/N-ethyl adjacent to an activating group) is 1. The van der Waals surface area contributed by atoms with Crippen LogP contribution in [0.1, 0.15) is 38.3 Å². The summed E-state index contributed by atoms with van der Waals surface area (Å²) in [4.78, 5) is 11.0. The van der Waals surface area contributed by atoms with Gasteiger partial charge >= 0.3 is 0 Å². The van der Waals surface area contributed by atoms with Crippen LogP contribution in [0.2, 0.25) is 0 Å². The van der Waals surface area contributed by atoms with Crippen LogP contribution in [0.25, 0.3) is 5.78 Å². The highest BCUT2D eigenvalue weighted by atomic mass is 15.4. The molecule has 1 aliphatic rings. The van der Waals surface area contributed by atoms with Gasteiger partial charge in [0.05, 0.1) is 0 Å². The maximum absolute atomic E-state index is 4.39. The Kier molecular flexibility index (Phi) is 4.04. The largest absolute Gasteiger partial charge is 0.368 e. The van der Waals surface area contributed by atoms with Crippen LogP contribution in [-0.4, -0.2) is 50.7 Å². The first-order valence-corrected chi connectivity index (χ1v) is 8.09. The van der Waals surface area contributed by atoms with E-state index >= 15 is 0 Å². The van der Waals surface area contributed by atoms with Gasteiger partial charge < -0.3 is 10.2 Å². The van der Waals surface area contributed by atoms with Crippen molar-refractivity contribution in [2.45, 2.75) is 45.1 Å². The van der Waals surface area contributed by atoms with Crippen LogP contribution >= 0.6 is 0 Å². The van der Waals surface area contributed by atoms with Crippen LogP contribution < -0.4 is 5.32 Å². The number of hydrogen-bond donors (Lipinski definition) is 1. The van der Waals surface area contributed by atoms with Crippen molar-refractivity contribution in [1.82, 2.24) is 24.5 Å². The van der Waals surface area contributed by atoms with Gasteiger partial charge in [-0.25, -0.2) is 4.98 Å². The van der Waals surface area contributed by atoms with Crippen LogP contribution in [0, 0.1) is 12.8 Å². The van der Waals surface area contributed by atoms with Crippen molar-refractivity contribution in [2.75, 3.05) is 26.0 Å². The predicted octanol–water partition coefficient (Wildman–Crippen LogP) is 2.36. The van der Waals surface area contributed by atoms with Gasteiger partial charge in [-0.05, 0) is 39.8 Å². The van der Waals surface area contributed by atoms with Crippen molar-refractivity contribution in [1.29, 1.82) is 0 Å². The zero-order valence-electron chi connectivity index (χ0n) is 14.0. The average molecular weight is 302 g/mol. The van der Waals surface area contributed by atoms with Crippen molar-refractivity contribution >= 4 is 11.6 Å². The molecule has 0 aliphatic heterocycles. The summed E-state index contributed by atoms with van der Waals surface area (Å²) in [5, 5.41) is 7.88. The van der Waals surface area contributed by atoms with Crippen LogP contribution in [0.15, 0.2) is 12.4 Å². The Bertz CT molecular complexity index is 649. The van der Waals surface area contributed by atoms with Crippen molar-refractivity contribution in [2.24, 2.45) is 5.92 Å². The Hall–Kier alpha value is -1.69. The molecule has 2 aromatic rings. The van der Waals surface area contributed by atoms with Crippen LogP contribution in [0.3, 0.4) is 0 Å². The van der Waals surface area contributed by atoms with Gasteiger partial charge in [0.15, 0.2) is 0 Å². The highest BCUT2D eigenvalue weighted by Gasteiger charge is 2.36. The summed E-state index contributed by atoms with van der Waals surface area (Å²) < 4.78 is 1.78. The number of hydrogen-bond acceptors (Lipinski definition) is 5. The molecule has 2 heterocycles. The molecule has 0 saturated heterocycles. The molecule has 2 aromatic heterocycles. The van der Waals surface area contributed by atoms with E-state index in [1.165, 1.54) is 25.7 Å². The molecule has 0 aromatic carbocycles. The van der Waals surface area contributed by atoms with Crippen LogP contribution in [-0.2, 0) is 0 Å². The predicted molar refractivity (Wildman–Crippen MR) is 88.1 cm³/mol. The molecule has 6 nitrogen and oxygen atoms in total. The molecule has 0 radical (unpaired) electrons. The van der Waals surface area contributed by atoms with E-state index in [1.807, 2.05) is 13.0 Å². The summed E-state index contributed by atoms with van der Waals surface area (Å²) in [6.07, 6.45) is 6.67. The normalized spacial score (nSPS) is 25.8. The van der Waals surface area contributed by atoms with Crippen LogP contribution in [0.4, 0.5) is 5.82 Å². The summed E-state index contributed by atoms with van der Waals surface area (Å²) in [5.74, 6) is 2.40. The summed E-state index contributed by atoms with van der Waals surface area (Å²) in [6, 6.07) is 2.04. The molecule has 2 atom stereocenters. The summed E-state index contributed by atoms with van der Waals surface area (Å²) in [5.41, 5.74) is 1.17. The fourth-order valence-corrected chi connectivity index (χ4v) is 3.67. The lowest BCUT2D eigenvalue weighted by atomic mass is 9.75. The topological polar surface area (TPSA) is 58.4 Å². The standard InChI is InChI=1S/C16H26N6/c1-12-6-5-7-16(9-12,21(3)4)10-17-14-8-13(2)20-15-18-11-19-22(14)15/h8,11-12,17H,5-7,9-10H2,1-4H3. The zero-order chi connectivity index (χ0) is 15.7. The Morgan fingerprint density at radius 1 is 1.45 bits per heavy atom. The van der Waals surface area contributed by atoms with Gasteiger partial charge in [0.1, 0.15) is 12.1 Å². The van der Waals surface area contributed by atoms with Crippen molar-refractivity contribution in [3.05, 3.63) is 18.1 Å².